The predicted molar refractivity (Wildman–Crippen MR) is 110 cm³/mol. The topological polar surface area (TPSA) is 150 Å². The third-order valence-electron chi connectivity index (χ3n) is 4.95. The summed E-state index contributed by atoms with van der Waals surface area (Å²) in [6.07, 6.45) is 1.22. The van der Waals surface area contributed by atoms with Crippen LogP contribution in [0.5, 0.6) is 0 Å². The Labute approximate surface area is 180 Å². The van der Waals surface area contributed by atoms with Gasteiger partial charge in [0.2, 0.25) is 0 Å². The summed E-state index contributed by atoms with van der Waals surface area (Å²) >= 11 is 0. The Morgan fingerprint density at radius 1 is 0.935 bits per heavy atom. The first-order chi connectivity index (χ1) is 14.8. The number of aromatic amines is 1. The highest BCUT2D eigenvalue weighted by molar-refractivity contribution is 5.69. The second-order valence-corrected chi connectivity index (χ2v) is 7.15. The van der Waals surface area contributed by atoms with Gasteiger partial charge in [0.15, 0.2) is 0 Å². The van der Waals surface area contributed by atoms with E-state index in [1.807, 2.05) is 18.8 Å². The van der Waals surface area contributed by atoms with Crippen LogP contribution in [0.1, 0.15) is 46.0 Å². The van der Waals surface area contributed by atoms with Crippen LogP contribution in [0.4, 0.5) is 0 Å². The number of esters is 2. The summed E-state index contributed by atoms with van der Waals surface area (Å²) in [4.78, 5) is 62.2. The van der Waals surface area contributed by atoms with E-state index in [1.165, 1.54) is 0 Å². The number of aliphatic hydroxyl groups is 1. The van der Waals surface area contributed by atoms with Gasteiger partial charge >= 0.3 is 29.0 Å². The molecule has 2 radical (unpaired) electrons. The van der Waals surface area contributed by atoms with Gasteiger partial charge in [-0.1, -0.05) is 20.3 Å². The average molecular weight is 441 g/mol. The number of aromatic nitrogens is 3. The standard InChI is InChI=1S/C20H31N3O8/c1-4-14(5-2)12-30-16(25)7-9-22-18(27)21-19(28)23(20(22)29)10-8-17(26)31-13-15(6-3)11-24/h1,14-15,24H,4-13H2,2-3H3,(H,21,27,28). The van der Waals surface area contributed by atoms with E-state index >= 15 is 0 Å². The van der Waals surface area contributed by atoms with E-state index < -0.39 is 29.0 Å². The fraction of sp³-hybridized carbons (Fsp3) is 0.700. The van der Waals surface area contributed by atoms with Gasteiger partial charge in [-0.3, -0.25) is 14.6 Å². The molecule has 2 atom stereocenters. The lowest BCUT2D eigenvalue weighted by Gasteiger charge is -2.13. The zero-order chi connectivity index (χ0) is 23.4. The molecule has 0 spiro atoms. The molecule has 1 rings (SSSR count). The second-order valence-electron chi connectivity index (χ2n) is 7.15. The minimum absolute atomic E-state index is 0.0294. The summed E-state index contributed by atoms with van der Waals surface area (Å²) < 4.78 is 11.5. The molecular weight excluding hydrogens is 410 g/mol. The SMILES string of the molecule is [CH]CC(CC)COC(=O)CCn1c(=O)[nH]c(=O)n(CCC(=O)OCC(CC)CO)c1=O. The molecular formula is C20H31N3O8. The minimum Gasteiger partial charge on any atom is -0.465 e. The van der Waals surface area contributed by atoms with Gasteiger partial charge in [0, 0.05) is 25.6 Å². The molecule has 1 heterocycles. The first-order valence-corrected chi connectivity index (χ1v) is 10.3. The number of H-pyrrole nitrogens is 1. The highest BCUT2D eigenvalue weighted by atomic mass is 16.5. The molecule has 0 aromatic carbocycles. The first-order valence-electron chi connectivity index (χ1n) is 10.3. The average Bonchev–Trinajstić information content (AvgIpc) is 2.74. The molecule has 11 nitrogen and oxygen atoms in total. The van der Waals surface area contributed by atoms with Gasteiger partial charge in [-0.05, 0) is 25.7 Å². The third kappa shape index (κ3) is 8.52. The van der Waals surface area contributed by atoms with Crippen LogP contribution in [-0.4, -0.2) is 51.0 Å². The Bertz CT molecular complexity index is 810. The number of nitrogens with one attached hydrogen (secondary N) is 1. The Kier molecular flexibility index (Phi) is 11.5. The smallest absolute Gasteiger partial charge is 0.336 e. The number of carbonyl (C=O) groups is 2. The number of hydrogen-bond acceptors (Lipinski definition) is 8. The molecule has 0 fully saturated rings. The summed E-state index contributed by atoms with van der Waals surface area (Å²) in [6, 6.07) is 0. The summed E-state index contributed by atoms with van der Waals surface area (Å²) in [5, 5.41) is 9.10. The lowest BCUT2D eigenvalue weighted by Crippen LogP contribution is -2.49. The van der Waals surface area contributed by atoms with Crippen molar-refractivity contribution in [2.24, 2.45) is 11.8 Å². The van der Waals surface area contributed by atoms with Gasteiger partial charge in [0.25, 0.3) is 0 Å². The number of aliphatic hydroxyl groups excluding tert-OH is 1. The Morgan fingerprint density at radius 3 is 1.77 bits per heavy atom. The molecule has 0 bridgehead atoms. The van der Waals surface area contributed by atoms with Crippen molar-refractivity contribution in [3.05, 3.63) is 38.4 Å². The van der Waals surface area contributed by atoms with E-state index in [-0.39, 0.29) is 57.6 Å². The number of nitrogens with zero attached hydrogens (tertiary/aromatic N) is 2. The van der Waals surface area contributed by atoms with Crippen LogP contribution < -0.4 is 17.1 Å². The summed E-state index contributed by atoms with van der Waals surface area (Å²) in [5.41, 5.74) is -2.86. The van der Waals surface area contributed by atoms with Crippen LogP contribution in [0, 0.1) is 18.8 Å². The van der Waals surface area contributed by atoms with E-state index in [0.29, 0.717) is 22.0 Å². The lowest BCUT2D eigenvalue weighted by molar-refractivity contribution is -0.146. The van der Waals surface area contributed by atoms with Crippen LogP contribution in [0.3, 0.4) is 0 Å². The van der Waals surface area contributed by atoms with E-state index in [9.17, 15) is 24.0 Å². The molecule has 0 aliphatic heterocycles. The molecule has 1 aromatic rings. The molecule has 2 N–H and O–H groups in total. The maximum Gasteiger partial charge on any atom is 0.336 e. The van der Waals surface area contributed by atoms with Gasteiger partial charge in [0.1, 0.15) is 0 Å². The molecule has 0 saturated heterocycles. The van der Waals surface area contributed by atoms with Crippen molar-refractivity contribution in [3.8, 4) is 0 Å². The predicted octanol–water partition coefficient (Wildman–Crippen LogP) is -0.289. The third-order valence-corrected chi connectivity index (χ3v) is 4.95. The van der Waals surface area contributed by atoms with Crippen molar-refractivity contribution in [2.45, 2.75) is 59.0 Å². The fourth-order valence-corrected chi connectivity index (χ4v) is 2.56. The molecule has 11 heteroatoms. The maximum absolute atomic E-state index is 12.5. The van der Waals surface area contributed by atoms with E-state index in [2.05, 4.69) is 0 Å². The van der Waals surface area contributed by atoms with Crippen molar-refractivity contribution in [2.75, 3.05) is 19.8 Å². The van der Waals surface area contributed by atoms with Crippen molar-refractivity contribution >= 4 is 11.9 Å². The van der Waals surface area contributed by atoms with Crippen LogP contribution in [0.2, 0.25) is 0 Å². The van der Waals surface area contributed by atoms with Gasteiger partial charge in [0.05, 0.1) is 26.1 Å². The molecule has 1 aromatic heterocycles. The maximum atomic E-state index is 12.5. The summed E-state index contributed by atoms with van der Waals surface area (Å²) in [6.45, 7) is 8.76. The first kappa shape index (κ1) is 26.3. The van der Waals surface area contributed by atoms with E-state index in [1.54, 1.807) is 0 Å². The summed E-state index contributed by atoms with van der Waals surface area (Å²) in [5.74, 6) is -1.41. The number of rotatable bonds is 14. The molecule has 31 heavy (non-hydrogen) atoms. The summed E-state index contributed by atoms with van der Waals surface area (Å²) in [7, 11) is 0. The molecule has 2 unspecified atom stereocenters. The molecule has 0 aliphatic rings. The molecule has 0 saturated carbocycles. The second kappa shape index (κ2) is 13.6. The highest BCUT2D eigenvalue weighted by Gasteiger charge is 2.15. The Hall–Kier alpha value is -2.69. The van der Waals surface area contributed by atoms with E-state index in [4.69, 9.17) is 21.5 Å². The van der Waals surface area contributed by atoms with Crippen molar-refractivity contribution in [3.63, 3.8) is 0 Å². The normalized spacial score (nSPS) is 12.0. The largest absolute Gasteiger partial charge is 0.465 e. The number of carbonyl (C=O) groups excluding carboxylic acids is 2. The zero-order valence-electron chi connectivity index (χ0n) is 18.0. The Morgan fingerprint density at radius 2 is 1.39 bits per heavy atom. The highest BCUT2D eigenvalue weighted by Crippen LogP contribution is 2.07. The van der Waals surface area contributed by atoms with Crippen molar-refractivity contribution < 1.29 is 24.2 Å². The van der Waals surface area contributed by atoms with Crippen molar-refractivity contribution in [1.82, 2.24) is 14.1 Å². The molecule has 0 aliphatic carbocycles. The van der Waals surface area contributed by atoms with Crippen LogP contribution in [0.15, 0.2) is 14.4 Å². The molecule has 0 amide bonds. The van der Waals surface area contributed by atoms with Crippen LogP contribution in [-0.2, 0) is 32.2 Å². The quantitative estimate of drug-likeness (QED) is 0.374. The van der Waals surface area contributed by atoms with Gasteiger partial charge < -0.3 is 14.6 Å². The van der Waals surface area contributed by atoms with Crippen LogP contribution >= 0.6 is 0 Å². The molecule has 174 valence electrons. The van der Waals surface area contributed by atoms with Gasteiger partial charge in [-0.25, -0.2) is 23.5 Å². The zero-order valence-corrected chi connectivity index (χ0v) is 18.0. The van der Waals surface area contributed by atoms with E-state index in [0.717, 1.165) is 6.42 Å². The minimum atomic E-state index is -0.961. The number of hydrogen-bond donors (Lipinski definition) is 2. The van der Waals surface area contributed by atoms with Gasteiger partial charge in [-0.15, -0.1) is 0 Å². The monoisotopic (exact) mass is 441 g/mol. The fourth-order valence-electron chi connectivity index (χ4n) is 2.56. The lowest BCUT2D eigenvalue weighted by atomic mass is 10.1. The number of ether oxygens (including phenoxy) is 2. The van der Waals surface area contributed by atoms with Crippen LogP contribution in [0.25, 0.3) is 0 Å². The van der Waals surface area contributed by atoms with Gasteiger partial charge in [-0.2, -0.15) is 0 Å². The van der Waals surface area contributed by atoms with Crippen molar-refractivity contribution in [1.29, 1.82) is 0 Å². The Balaban J connectivity index is 2.75.